The van der Waals surface area contributed by atoms with Crippen LogP contribution < -0.4 is 11.2 Å². The second kappa shape index (κ2) is 7.95. The van der Waals surface area contributed by atoms with E-state index in [2.05, 4.69) is 11.1 Å². The molecule has 4 aromatic rings. The fourth-order valence-corrected chi connectivity index (χ4v) is 3.78. The number of hydrogen-bond acceptors (Lipinski definition) is 3. The number of fused-ring (bicyclic) bond motifs is 1. The lowest BCUT2D eigenvalue weighted by molar-refractivity contribution is 0.489. The van der Waals surface area contributed by atoms with Crippen molar-refractivity contribution in [2.45, 2.75) is 33.9 Å². The Labute approximate surface area is 179 Å². The van der Waals surface area contributed by atoms with Crippen LogP contribution in [0, 0.1) is 12.8 Å². The number of aryl methyl sites for hydroxylation is 1. The minimum absolute atomic E-state index is 0.139. The molecule has 0 saturated heterocycles. The van der Waals surface area contributed by atoms with Gasteiger partial charge in [-0.25, -0.2) is 14.3 Å². The zero-order chi connectivity index (χ0) is 21.4. The molecule has 2 aromatic heterocycles. The maximum Gasteiger partial charge on any atom is 0.337 e. The Morgan fingerprint density at radius 3 is 2.47 bits per heavy atom. The maximum atomic E-state index is 13.3. The Bertz CT molecular complexity index is 1330. The molecule has 0 spiro atoms. The molecule has 30 heavy (non-hydrogen) atoms. The summed E-state index contributed by atoms with van der Waals surface area (Å²) in [6.45, 7) is 6.81. The Hall–Kier alpha value is -3.12. The summed E-state index contributed by atoms with van der Waals surface area (Å²) in [4.78, 5) is 31.1. The van der Waals surface area contributed by atoms with E-state index in [4.69, 9.17) is 11.6 Å². The molecule has 0 N–H and O–H groups in total. The van der Waals surface area contributed by atoms with Gasteiger partial charge in [0.05, 0.1) is 12.0 Å². The smallest absolute Gasteiger partial charge is 0.320 e. The van der Waals surface area contributed by atoms with Gasteiger partial charge in [0, 0.05) is 18.1 Å². The standard InChI is InChI=1S/C23H23ClN4O2/c1-15(2)12-27-22(29)20-21(28(23(27)30)19-9-7-18(24)8-10-19)25-14-26(20)13-17-6-4-5-16(3)11-17/h4-11,14-15H,12-13H2,1-3H3. The van der Waals surface area contributed by atoms with Crippen molar-refractivity contribution in [3.05, 3.63) is 91.8 Å². The molecule has 2 aromatic carbocycles. The van der Waals surface area contributed by atoms with Gasteiger partial charge in [0.1, 0.15) is 0 Å². The average Bonchev–Trinajstić information content (AvgIpc) is 3.10. The molecule has 4 rings (SSSR count). The summed E-state index contributed by atoms with van der Waals surface area (Å²) in [6, 6.07) is 15.1. The third-order valence-electron chi connectivity index (χ3n) is 4.97. The summed E-state index contributed by atoms with van der Waals surface area (Å²) < 4.78 is 4.60. The lowest BCUT2D eigenvalue weighted by Crippen LogP contribution is -2.41. The van der Waals surface area contributed by atoms with Crippen molar-refractivity contribution in [2.75, 3.05) is 0 Å². The van der Waals surface area contributed by atoms with Gasteiger partial charge >= 0.3 is 5.69 Å². The van der Waals surface area contributed by atoms with Crippen LogP contribution in [0.2, 0.25) is 5.02 Å². The molecule has 154 valence electrons. The second-order valence-corrected chi connectivity index (χ2v) is 8.37. The third kappa shape index (κ3) is 3.71. The molecule has 2 heterocycles. The third-order valence-corrected chi connectivity index (χ3v) is 5.22. The van der Waals surface area contributed by atoms with E-state index in [-0.39, 0.29) is 11.5 Å². The van der Waals surface area contributed by atoms with Gasteiger partial charge in [-0.2, -0.15) is 0 Å². The summed E-state index contributed by atoms with van der Waals surface area (Å²) >= 11 is 6.03. The molecule has 0 fully saturated rings. The molecular weight excluding hydrogens is 400 g/mol. The van der Waals surface area contributed by atoms with E-state index in [0.29, 0.717) is 35.0 Å². The van der Waals surface area contributed by atoms with Gasteiger partial charge in [-0.1, -0.05) is 55.3 Å². The van der Waals surface area contributed by atoms with Crippen molar-refractivity contribution in [1.29, 1.82) is 0 Å². The molecule has 0 atom stereocenters. The number of aromatic nitrogens is 4. The maximum absolute atomic E-state index is 13.3. The van der Waals surface area contributed by atoms with Crippen molar-refractivity contribution in [1.82, 2.24) is 18.7 Å². The first kappa shape index (κ1) is 20.2. The molecular formula is C23H23ClN4O2. The minimum atomic E-state index is -0.399. The van der Waals surface area contributed by atoms with Crippen molar-refractivity contribution in [2.24, 2.45) is 5.92 Å². The molecule has 6 nitrogen and oxygen atoms in total. The number of imidazole rings is 1. The van der Waals surface area contributed by atoms with Gasteiger partial charge < -0.3 is 4.57 Å². The van der Waals surface area contributed by atoms with E-state index in [1.807, 2.05) is 43.5 Å². The van der Waals surface area contributed by atoms with Crippen LogP contribution in [0.1, 0.15) is 25.0 Å². The molecule has 0 unspecified atom stereocenters. The van der Waals surface area contributed by atoms with Crippen LogP contribution in [-0.2, 0) is 13.1 Å². The lowest BCUT2D eigenvalue weighted by atomic mass is 10.1. The highest BCUT2D eigenvalue weighted by Crippen LogP contribution is 2.17. The van der Waals surface area contributed by atoms with Crippen molar-refractivity contribution >= 4 is 22.8 Å². The second-order valence-electron chi connectivity index (χ2n) is 7.94. The summed E-state index contributed by atoms with van der Waals surface area (Å²) in [5.41, 5.74) is 2.86. The van der Waals surface area contributed by atoms with E-state index in [1.165, 1.54) is 9.13 Å². The number of benzene rings is 2. The Kier molecular flexibility index (Phi) is 5.35. The molecule has 0 radical (unpaired) electrons. The normalized spacial score (nSPS) is 11.5. The average molecular weight is 423 g/mol. The van der Waals surface area contributed by atoms with Crippen molar-refractivity contribution in [3.63, 3.8) is 0 Å². The Morgan fingerprint density at radius 2 is 1.80 bits per heavy atom. The number of hydrogen-bond donors (Lipinski definition) is 0. The van der Waals surface area contributed by atoms with E-state index < -0.39 is 5.69 Å². The Morgan fingerprint density at radius 1 is 1.07 bits per heavy atom. The quantitative estimate of drug-likeness (QED) is 0.488. The van der Waals surface area contributed by atoms with Crippen molar-refractivity contribution in [3.8, 4) is 5.69 Å². The summed E-state index contributed by atoms with van der Waals surface area (Å²) in [5.74, 6) is 0.139. The SMILES string of the molecule is Cc1cccc(Cn2cnc3c2c(=O)n(CC(C)C)c(=O)n3-c2ccc(Cl)cc2)c1. The van der Waals surface area contributed by atoms with Gasteiger partial charge in [-0.15, -0.1) is 0 Å². The zero-order valence-corrected chi connectivity index (χ0v) is 17.9. The van der Waals surface area contributed by atoms with Crippen LogP contribution >= 0.6 is 11.6 Å². The van der Waals surface area contributed by atoms with E-state index in [9.17, 15) is 9.59 Å². The van der Waals surface area contributed by atoms with Gasteiger partial charge in [0.25, 0.3) is 5.56 Å². The van der Waals surface area contributed by atoms with Crippen LogP contribution in [0.4, 0.5) is 0 Å². The largest absolute Gasteiger partial charge is 0.337 e. The van der Waals surface area contributed by atoms with Gasteiger partial charge in [-0.3, -0.25) is 9.36 Å². The fraction of sp³-hybridized carbons (Fsp3) is 0.261. The molecule has 7 heteroatoms. The molecule has 0 saturated carbocycles. The molecule has 0 aliphatic rings. The van der Waals surface area contributed by atoms with Crippen molar-refractivity contribution < 1.29 is 0 Å². The minimum Gasteiger partial charge on any atom is -0.320 e. The van der Waals surface area contributed by atoms with Crippen LogP contribution in [0.3, 0.4) is 0 Å². The van der Waals surface area contributed by atoms with Gasteiger partial charge in [0.15, 0.2) is 11.2 Å². The van der Waals surface area contributed by atoms with Crippen LogP contribution in [0.5, 0.6) is 0 Å². The summed E-state index contributed by atoms with van der Waals surface area (Å²) in [6.07, 6.45) is 1.62. The molecule has 0 amide bonds. The van der Waals surface area contributed by atoms with E-state index >= 15 is 0 Å². The van der Waals surface area contributed by atoms with Gasteiger partial charge in [-0.05, 0) is 42.7 Å². The molecule has 0 aliphatic heterocycles. The highest BCUT2D eigenvalue weighted by atomic mass is 35.5. The number of rotatable bonds is 5. The fourth-order valence-electron chi connectivity index (χ4n) is 3.66. The molecule has 0 bridgehead atoms. The van der Waals surface area contributed by atoms with Crippen LogP contribution in [0.15, 0.2) is 64.4 Å². The first-order valence-corrected chi connectivity index (χ1v) is 10.2. The number of nitrogens with zero attached hydrogens (tertiary/aromatic N) is 4. The lowest BCUT2D eigenvalue weighted by Gasteiger charge is -2.14. The van der Waals surface area contributed by atoms with E-state index in [0.717, 1.165) is 11.1 Å². The highest BCUT2D eigenvalue weighted by molar-refractivity contribution is 6.30. The van der Waals surface area contributed by atoms with E-state index in [1.54, 1.807) is 30.6 Å². The van der Waals surface area contributed by atoms with Crippen LogP contribution in [0.25, 0.3) is 16.9 Å². The van der Waals surface area contributed by atoms with Crippen LogP contribution in [-0.4, -0.2) is 18.7 Å². The summed E-state index contributed by atoms with van der Waals surface area (Å²) in [5, 5.41) is 0.573. The first-order valence-electron chi connectivity index (χ1n) is 9.87. The predicted octanol–water partition coefficient (Wildman–Crippen LogP) is 4.02. The van der Waals surface area contributed by atoms with Gasteiger partial charge in [0.2, 0.25) is 0 Å². The highest BCUT2D eigenvalue weighted by Gasteiger charge is 2.20. The first-order chi connectivity index (χ1) is 14.3. The topological polar surface area (TPSA) is 61.8 Å². The Balaban J connectivity index is 1.99. The molecule has 0 aliphatic carbocycles. The zero-order valence-electron chi connectivity index (χ0n) is 17.2. The monoisotopic (exact) mass is 422 g/mol. The summed E-state index contributed by atoms with van der Waals surface area (Å²) in [7, 11) is 0. The predicted molar refractivity (Wildman–Crippen MR) is 120 cm³/mol. The number of halogens is 1.